The number of unbranched alkanes of at least 4 members (excludes halogenated alkanes) is 1. The molecule has 0 aliphatic heterocycles. The van der Waals surface area contributed by atoms with Crippen LogP contribution in [0.4, 0.5) is 4.39 Å². The van der Waals surface area contributed by atoms with E-state index in [2.05, 4.69) is 41.8 Å². The van der Waals surface area contributed by atoms with Crippen molar-refractivity contribution in [2.45, 2.75) is 73.8 Å². The number of nitrogens with zero attached hydrogens (tertiary/aromatic N) is 2. The number of aromatic nitrogens is 1. The van der Waals surface area contributed by atoms with Crippen LogP contribution in [0.15, 0.2) is 90.1 Å². The zero-order valence-corrected chi connectivity index (χ0v) is 29.2. The number of carbonyl (C=O) groups is 2. The van der Waals surface area contributed by atoms with Gasteiger partial charge in [0.25, 0.3) is 0 Å². The van der Waals surface area contributed by atoms with Crippen molar-refractivity contribution in [1.82, 2.24) is 4.57 Å². The van der Waals surface area contributed by atoms with Crippen LogP contribution in [0.1, 0.15) is 90.2 Å². The molecule has 5 aromatic carbocycles. The van der Waals surface area contributed by atoms with Crippen molar-refractivity contribution in [3.63, 3.8) is 0 Å². The molecule has 0 N–H and O–H groups in total. The zero-order chi connectivity index (χ0) is 34.8. The molecule has 0 amide bonds. The molecule has 0 saturated heterocycles. The van der Waals surface area contributed by atoms with Gasteiger partial charge in [-0.05, 0) is 80.0 Å². The Morgan fingerprint density at radius 1 is 0.816 bits per heavy atom. The topological polar surface area (TPSA) is 60.7 Å². The molecule has 1 unspecified atom stereocenters. The molecule has 0 aliphatic rings. The maximum atomic E-state index is 15.2. The average Bonchev–Trinajstić information content (AvgIpc) is 3.38. The summed E-state index contributed by atoms with van der Waals surface area (Å²) in [5.41, 5.74) is 7.52. The van der Waals surface area contributed by atoms with Gasteiger partial charge in [-0.2, -0.15) is 0 Å². The van der Waals surface area contributed by atoms with Crippen LogP contribution in [-0.2, 0) is 16.2 Å². The zero-order valence-electron chi connectivity index (χ0n) is 29.2. The molecule has 250 valence electrons. The number of oxime groups is 1. The van der Waals surface area contributed by atoms with Gasteiger partial charge in [0, 0.05) is 57.4 Å². The normalized spacial score (nSPS) is 12.6. The molecule has 1 aromatic heterocycles. The molecule has 6 rings (SSSR count). The third kappa shape index (κ3) is 6.52. The minimum absolute atomic E-state index is 0.0111. The number of ketones is 1. The summed E-state index contributed by atoms with van der Waals surface area (Å²) in [5.74, 6) is -0.611. The van der Waals surface area contributed by atoms with Crippen LogP contribution in [-0.4, -0.2) is 22.0 Å². The van der Waals surface area contributed by atoms with Gasteiger partial charge < -0.3 is 9.40 Å². The summed E-state index contributed by atoms with van der Waals surface area (Å²) in [7, 11) is 0. The van der Waals surface area contributed by atoms with E-state index < -0.39 is 11.8 Å². The summed E-state index contributed by atoms with van der Waals surface area (Å²) in [6.45, 7) is 12.6. The molecule has 5 nitrogen and oxygen atoms in total. The van der Waals surface area contributed by atoms with Crippen molar-refractivity contribution in [1.29, 1.82) is 0 Å². The fourth-order valence-electron chi connectivity index (χ4n) is 7.36. The second kappa shape index (κ2) is 14.2. The Bertz CT molecular complexity index is 2240. The molecule has 0 spiro atoms. The Kier molecular flexibility index (Phi) is 9.77. The fraction of sp³-hybridized carbons (Fsp3) is 0.279. The summed E-state index contributed by atoms with van der Waals surface area (Å²) in [6.07, 6.45) is 4.47. The lowest BCUT2D eigenvalue weighted by Crippen LogP contribution is -2.11. The van der Waals surface area contributed by atoms with Crippen molar-refractivity contribution in [3.05, 3.63) is 130 Å². The van der Waals surface area contributed by atoms with E-state index in [1.165, 1.54) is 13.0 Å². The molecule has 0 saturated carbocycles. The number of aryl methyl sites for hydroxylation is 3. The smallest absolute Gasteiger partial charge is 0.332 e. The number of carbonyl (C=O) groups excluding carboxylic acids is 2. The third-order valence-corrected chi connectivity index (χ3v) is 9.66. The summed E-state index contributed by atoms with van der Waals surface area (Å²) in [5, 5.41) is 7.92. The maximum absolute atomic E-state index is 15.2. The lowest BCUT2D eigenvalue weighted by Gasteiger charge is -2.19. The van der Waals surface area contributed by atoms with E-state index >= 15 is 4.39 Å². The van der Waals surface area contributed by atoms with E-state index in [1.54, 1.807) is 18.2 Å². The predicted molar refractivity (Wildman–Crippen MR) is 198 cm³/mol. The highest BCUT2D eigenvalue weighted by molar-refractivity contribution is 6.27. The van der Waals surface area contributed by atoms with Gasteiger partial charge in [-0.15, -0.1) is 0 Å². The van der Waals surface area contributed by atoms with Crippen LogP contribution in [0, 0.1) is 32.5 Å². The van der Waals surface area contributed by atoms with E-state index in [0.29, 0.717) is 17.0 Å². The predicted octanol–water partition coefficient (Wildman–Crippen LogP) is 10.8. The Hall–Kier alpha value is -5.10. The summed E-state index contributed by atoms with van der Waals surface area (Å²) >= 11 is 0. The molecule has 6 aromatic rings. The van der Waals surface area contributed by atoms with E-state index in [-0.39, 0.29) is 17.1 Å². The first kappa shape index (κ1) is 33.8. The highest BCUT2D eigenvalue weighted by atomic mass is 19.1. The largest absolute Gasteiger partial charge is 0.340 e. The van der Waals surface area contributed by atoms with Gasteiger partial charge in [-0.1, -0.05) is 98.4 Å². The molecule has 0 bridgehead atoms. The van der Waals surface area contributed by atoms with Crippen LogP contribution in [0.25, 0.3) is 32.6 Å². The number of rotatable bonds is 11. The van der Waals surface area contributed by atoms with Crippen LogP contribution in [0.2, 0.25) is 0 Å². The van der Waals surface area contributed by atoms with Crippen molar-refractivity contribution in [2.24, 2.45) is 11.1 Å². The Morgan fingerprint density at radius 2 is 1.51 bits per heavy atom. The monoisotopic (exact) mass is 654 g/mol. The van der Waals surface area contributed by atoms with Gasteiger partial charge in [0.05, 0.1) is 5.52 Å². The first-order valence-corrected chi connectivity index (χ1v) is 17.2. The van der Waals surface area contributed by atoms with Crippen molar-refractivity contribution >= 4 is 50.0 Å². The summed E-state index contributed by atoms with van der Waals surface area (Å²) in [6, 6.07) is 26.6. The number of benzene rings is 5. The summed E-state index contributed by atoms with van der Waals surface area (Å²) < 4.78 is 17.6. The van der Waals surface area contributed by atoms with E-state index in [0.717, 1.165) is 87.1 Å². The van der Waals surface area contributed by atoms with Crippen molar-refractivity contribution in [3.8, 4) is 0 Å². The standard InChI is InChI=1S/C43H43FN2O3/c1-7-9-14-30(8-2)25-46-39-20-19-31(41(45-49-29(6)47)34-17-12-13-18-38(34)44)23-35(39)36-24-37(32-15-10-11-16-33(32)42(36)46)43(48)40-27(4)21-26(3)22-28(40)5/h10-13,15-24,30H,7-9,14,25H2,1-6H3/b45-41+. The number of hydrogen-bond acceptors (Lipinski definition) is 4. The van der Waals surface area contributed by atoms with Crippen LogP contribution < -0.4 is 0 Å². The number of hydrogen-bond donors (Lipinski definition) is 0. The van der Waals surface area contributed by atoms with Gasteiger partial charge in [0.15, 0.2) is 5.78 Å². The minimum Gasteiger partial charge on any atom is -0.340 e. The molecule has 49 heavy (non-hydrogen) atoms. The molecule has 1 atom stereocenters. The van der Waals surface area contributed by atoms with Crippen LogP contribution in [0.5, 0.6) is 0 Å². The second-order valence-corrected chi connectivity index (χ2v) is 13.2. The first-order chi connectivity index (χ1) is 23.6. The van der Waals surface area contributed by atoms with Gasteiger partial charge >= 0.3 is 5.97 Å². The van der Waals surface area contributed by atoms with Gasteiger partial charge in [0.2, 0.25) is 0 Å². The highest BCUT2D eigenvalue weighted by Crippen LogP contribution is 2.39. The Balaban J connectivity index is 1.68. The molecule has 6 heteroatoms. The van der Waals surface area contributed by atoms with Crippen molar-refractivity contribution in [2.75, 3.05) is 0 Å². The lowest BCUT2D eigenvalue weighted by atomic mass is 9.89. The molecule has 0 radical (unpaired) electrons. The molecule has 0 aliphatic carbocycles. The van der Waals surface area contributed by atoms with Gasteiger partial charge in [-0.3, -0.25) is 4.79 Å². The summed E-state index contributed by atoms with van der Waals surface area (Å²) in [4.78, 5) is 31.5. The van der Waals surface area contributed by atoms with Crippen LogP contribution in [0.3, 0.4) is 0 Å². The highest BCUT2D eigenvalue weighted by Gasteiger charge is 2.24. The van der Waals surface area contributed by atoms with E-state index in [4.69, 9.17) is 4.84 Å². The molecule has 0 fully saturated rings. The Morgan fingerprint density at radius 3 is 2.18 bits per heavy atom. The molecular formula is C43H43FN2O3. The SMILES string of the molecule is CCCCC(CC)Cn1c2ccc(/C(=N\OC(C)=O)c3ccccc3F)cc2c2cc(C(=O)c3c(C)cc(C)cc3C)c3ccccc3c21. The van der Waals surface area contributed by atoms with E-state index in [1.807, 2.05) is 63.2 Å². The third-order valence-electron chi connectivity index (χ3n) is 9.66. The average molecular weight is 655 g/mol. The minimum atomic E-state index is -0.597. The van der Waals surface area contributed by atoms with Crippen molar-refractivity contribution < 1.29 is 18.8 Å². The number of halogens is 1. The van der Waals surface area contributed by atoms with Crippen LogP contribution >= 0.6 is 0 Å². The van der Waals surface area contributed by atoms with E-state index in [9.17, 15) is 9.59 Å². The maximum Gasteiger partial charge on any atom is 0.332 e. The van der Waals surface area contributed by atoms with Gasteiger partial charge in [-0.25, -0.2) is 9.18 Å². The van der Waals surface area contributed by atoms with Gasteiger partial charge in [0.1, 0.15) is 11.5 Å². The molecular weight excluding hydrogens is 611 g/mol. The lowest BCUT2D eigenvalue weighted by molar-refractivity contribution is -0.140. The fourth-order valence-corrected chi connectivity index (χ4v) is 7.36. The molecule has 1 heterocycles. The number of fused-ring (bicyclic) bond motifs is 5. The quantitative estimate of drug-likeness (QED) is 0.0604. The Labute approximate surface area is 287 Å². The second-order valence-electron chi connectivity index (χ2n) is 13.2. The first-order valence-electron chi connectivity index (χ1n) is 17.2.